The number of rotatable bonds is 3. The average molecular weight is 330 g/mol. The number of fused-ring (bicyclic) bond motifs is 1. The number of nitrogens with one attached hydrogen (secondary N) is 1. The molecule has 3 rings (SSSR count). The normalized spacial score (nSPS) is 22.1. The molecule has 0 saturated carbocycles. The second kappa shape index (κ2) is 5.54. The third kappa shape index (κ3) is 2.77. The lowest BCUT2D eigenvalue weighted by Gasteiger charge is -2.33. The molecule has 1 atom stereocenters. The number of nitrogens with zero attached hydrogens (tertiary/aromatic N) is 3. The Balaban J connectivity index is 1.88. The van der Waals surface area contributed by atoms with E-state index >= 15 is 0 Å². The summed E-state index contributed by atoms with van der Waals surface area (Å²) in [6.07, 6.45) is -0.0771. The Morgan fingerprint density at radius 2 is 1.88 bits per heavy atom. The summed E-state index contributed by atoms with van der Waals surface area (Å²) in [5, 5.41) is 6.17. The first-order valence-electron chi connectivity index (χ1n) is 7.26. The van der Waals surface area contributed by atoms with Gasteiger partial charge in [-0.25, -0.2) is 0 Å². The van der Waals surface area contributed by atoms with Gasteiger partial charge in [0.25, 0.3) is 5.79 Å². The number of anilines is 1. The number of carbonyl (C=O) groups is 3. The Morgan fingerprint density at radius 3 is 2.50 bits per heavy atom. The Labute approximate surface area is 136 Å². The van der Waals surface area contributed by atoms with Crippen LogP contribution in [0.2, 0.25) is 0 Å². The molecule has 2 heterocycles. The number of esters is 2. The molecule has 1 amide bonds. The lowest BCUT2D eigenvalue weighted by molar-refractivity contribution is -0.240. The predicted molar refractivity (Wildman–Crippen MR) is 81.0 cm³/mol. The number of benzene rings is 1. The zero-order valence-electron chi connectivity index (χ0n) is 13.0. The fraction of sp³-hybridized carbons (Fsp3) is 0.400. The highest BCUT2D eigenvalue weighted by molar-refractivity contribution is 6.05. The quantitative estimate of drug-likeness (QED) is 0.299. The maximum atomic E-state index is 12.2. The van der Waals surface area contributed by atoms with E-state index in [4.69, 9.17) is 15.0 Å². The molecule has 1 unspecified atom stereocenters. The standard InChI is InChI=1S/C15H14N4O5/c1-15(2)23-13(21)10(14(22)24-15)6-9-8-5-7(18-19-16)3-4-11(8)17-12(9)20/h3-5,9-10H,6H2,1-2H3,(H,17,20). The molecule has 0 radical (unpaired) electrons. The predicted octanol–water partition coefficient (Wildman–Crippen LogP) is 2.51. The van der Waals surface area contributed by atoms with E-state index in [1.54, 1.807) is 18.2 Å². The van der Waals surface area contributed by atoms with E-state index in [1.807, 2.05) is 0 Å². The third-order valence-electron chi connectivity index (χ3n) is 3.88. The van der Waals surface area contributed by atoms with Crippen molar-refractivity contribution >= 4 is 29.2 Å². The van der Waals surface area contributed by atoms with Crippen molar-refractivity contribution < 1.29 is 23.9 Å². The second-order valence-corrected chi connectivity index (χ2v) is 6.03. The van der Waals surface area contributed by atoms with E-state index in [2.05, 4.69) is 15.3 Å². The van der Waals surface area contributed by atoms with Crippen LogP contribution in [-0.2, 0) is 23.9 Å². The summed E-state index contributed by atoms with van der Waals surface area (Å²) in [5.41, 5.74) is 9.98. The summed E-state index contributed by atoms with van der Waals surface area (Å²) >= 11 is 0. The molecular formula is C15H14N4O5. The summed E-state index contributed by atoms with van der Waals surface area (Å²) in [6.45, 7) is 2.92. The summed E-state index contributed by atoms with van der Waals surface area (Å²) in [4.78, 5) is 39.0. The number of hydrogen-bond acceptors (Lipinski definition) is 6. The average Bonchev–Trinajstić information content (AvgIpc) is 2.77. The Bertz CT molecular complexity index is 777. The van der Waals surface area contributed by atoms with E-state index in [0.717, 1.165) is 0 Å². The van der Waals surface area contributed by atoms with E-state index in [0.29, 0.717) is 16.9 Å². The van der Waals surface area contributed by atoms with Crippen molar-refractivity contribution in [3.63, 3.8) is 0 Å². The largest absolute Gasteiger partial charge is 0.422 e. The molecule has 124 valence electrons. The van der Waals surface area contributed by atoms with Gasteiger partial charge in [-0.15, -0.1) is 0 Å². The zero-order chi connectivity index (χ0) is 17.5. The van der Waals surface area contributed by atoms with Crippen LogP contribution in [0.4, 0.5) is 11.4 Å². The highest BCUT2D eigenvalue weighted by Crippen LogP contribution is 2.40. The van der Waals surface area contributed by atoms with Gasteiger partial charge in [0.2, 0.25) is 5.91 Å². The van der Waals surface area contributed by atoms with E-state index < -0.39 is 29.6 Å². The Morgan fingerprint density at radius 1 is 1.21 bits per heavy atom. The van der Waals surface area contributed by atoms with Crippen LogP contribution in [0.5, 0.6) is 0 Å². The zero-order valence-corrected chi connectivity index (χ0v) is 13.0. The van der Waals surface area contributed by atoms with Crippen molar-refractivity contribution in [1.82, 2.24) is 0 Å². The molecule has 1 aromatic carbocycles. The monoisotopic (exact) mass is 330 g/mol. The molecule has 9 heteroatoms. The van der Waals surface area contributed by atoms with Crippen molar-refractivity contribution in [2.24, 2.45) is 11.0 Å². The SMILES string of the molecule is CC1(C)OC(=O)C(CC2C(=O)Nc3ccc(N=[N+]=[N-])cc32)C(=O)O1. The van der Waals surface area contributed by atoms with Crippen LogP contribution in [0.3, 0.4) is 0 Å². The molecule has 0 spiro atoms. The fourth-order valence-electron chi connectivity index (χ4n) is 2.83. The highest BCUT2D eigenvalue weighted by Gasteiger charge is 2.46. The van der Waals surface area contributed by atoms with Crippen LogP contribution in [0, 0.1) is 5.92 Å². The van der Waals surface area contributed by atoms with Gasteiger partial charge in [0, 0.05) is 30.1 Å². The molecule has 1 fully saturated rings. The molecule has 9 nitrogen and oxygen atoms in total. The van der Waals surface area contributed by atoms with Gasteiger partial charge in [-0.2, -0.15) is 0 Å². The van der Waals surface area contributed by atoms with Crippen molar-refractivity contribution in [2.75, 3.05) is 5.32 Å². The van der Waals surface area contributed by atoms with Gasteiger partial charge in [-0.05, 0) is 29.6 Å². The van der Waals surface area contributed by atoms with Gasteiger partial charge >= 0.3 is 11.9 Å². The van der Waals surface area contributed by atoms with Gasteiger partial charge in [0.15, 0.2) is 5.92 Å². The van der Waals surface area contributed by atoms with Crippen molar-refractivity contribution in [3.05, 3.63) is 34.2 Å². The van der Waals surface area contributed by atoms with Crippen LogP contribution in [-0.4, -0.2) is 23.6 Å². The number of carbonyl (C=O) groups excluding carboxylic acids is 3. The molecule has 24 heavy (non-hydrogen) atoms. The van der Waals surface area contributed by atoms with Crippen molar-refractivity contribution in [1.29, 1.82) is 0 Å². The van der Waals surface area contributed by atoms with E-state index in [9.17, 15) is 14.4 Å². The lowest BCUT2D eigenvalue weighted by Crippen LogP contribution is -2.46. The third-order valence-corrected chi connectivity index (χ3v) is 3.88. The minimum atomic E-state index is -1.31. The minimum Gasteiger partial charge on any atom is -0.422 e. The first-order valence-corrected chi connectivity index (χ1v) is 7.26. The molecule has 0 aromatic heterocycles. The van der Waals surface area contributed by atoms with Gasteiger partial charge in [-0.1, -0.05) is 11.2 Å². The van der Waals surface area contributed by atoms with Gasteiger partial charge in [-0.3, -0.25) is 14.4 Å². The maximum Gasteiger partial charge on any atom is 0.323 e. The molecule has 2 aliphatic rings. The first-order chi connectivity index (χ1) is 11.3. The molecule has 0 bridgehead atoms. The number of ether oxygens (including phenoxy) is 2. The van der Waals surface area contributed by atoms with E-state index in [1.165, 1.54) is 13.8 Å². The van der Waals surface area contributed by atoms with Crippen LogP contribution >= 0.6 is 0 Å². The summed E-state index contributed by atoms with van der Waals surface area (Å²) in [7, 11) is 0. The summed E-state index contributed by atoms with van der Waals surface area (Å²) in [5.74, 6) is -5.00. The van der Waals surface area contributed by atoms with Gasteiger partial charge in [0.05, 0.1) is 5.92 Å². The van der Waals surface area contributed by atoms with Crippen molar-refractivity contribution in [3.8, 4) is 0 Å². The van der Waals surface area contributed by atoms with Crippen LogP contribution in [0.15, 0.2) is 23.3 Å². The minimum absolute atomic E-state index is 0.0771. The van der Waals surface area contributed by atoms with Gasteiger partial charge < -0.3 is 14.8 Å². The number of cyclic esters (lactones) is 2. The molecule has 2 aliphatic heterocycles. The number of azide groups is 1. The fourth-order valence-corrected chi connectivity index (χ4v) is 2.83. The lowest BCUT2D eigenvalue weighted by atomic mass is 9.89. The smallest absolute Gasteiger partial charge is 0.323 e. The number of amides is 1. The molecule has 0 aliphatic carbocycles. The van der Waals surface area contributed by atoms with E-state index in [-0.39, 0.29) is 12.3 Å². The molecule has 1 saturated heterocycles. The summed E-state index contributed by atoms with van der Waals surface area (Å²) in [6, 6.07) is 4.73. The highest BCUT2D eigenvalue weighted by atomic mass is 16.7. The summed E-state index contributed by atoms with van der Waals surface area (Å²) < 4.78 is 10.1. The number of hydrogen-bond donors (Lipinski definition) is 1. The van der Waals surface area contributed by atoms with Crippen LogP contribution in [0.25, 0.3) is 10.4 Å². The molecule has 1 aromatic rings. The maximum absolute atomic E-state index is 12.2. The molecular weight excluding hydrogens is 316 g/mol. The Hall–Kier alpha value is -3.06. The van der Waals surface area contributed by atoms with Crippen LogP contribution in [0.1, 0.15) is 31.7 Å². The second-order valence-electron chi connectivity index (χ2n) is 6.03. The van der Waals surface area contributed by atoms with Gasteiger partial charge in [0.1, 0.15) is 0 Å². The topological polar surface area (TPSA) is 130 Å². The van der Waals surface area contributed by atoms with Crippen LogP contribution < -0.4 is 5.32 Å². The first kappa shape index (κ1) is 15.8. The van der Waals surface area contributed by atoms with Crippen molar-refractivity contribution in [2.45, 2.75) is 32.0 Å². The Kier molecular flexibility index (Phi) is 3.65. The molecule has 1 N–H and O–H groups in total.